The third kappa shape index (κ3) is 4.20. The van der Waals surface area contributed by atoms with Crippen molar-refractivity contribution in [1.29, 1.82) is 0 Å². The van der Waals surface area contributed by atoms with E-state index in [0.717, 1.165) is 18.6 Å². The van der Waals surface area contributed by atoms with Gasteiger partial charge in [-0.05, 0) is 37.6 Å². The van der Waals surface area contributed by atoms with E-state index in [2.05, 4.69) is 12.2 Å². The predicted molar refractivity (Wildman–Crippen MR) is 81.4 cm³/mol. The minimum atomic E-state index is -2.97. The van der Waals surface area contributed by atoms with Crippen LogP contribution in [0.3, 0.4) is 0 Å². The van der Waals surface area contributed by atoms with Crippen LogP contribution in [0.2, 0.25) is 0 Å². The molecule has 1 heterocycles. The molecule has 0 spiro atoms. The topological polar surface area (TPSA) is 72.5 Å². The lowest BCUT2D eigenvalue weighted by atomic mass is 10.1. The summed E-state index contributed by atoms with van der Waals surface area (Å²) in [5, 5.41) is 2.78. The maximum atomic E-state index is 12.1. The molecule has 0 unspecified atom stereocenters. The molecule has 2 rings (SSSR count). The quantitative estimate of drug-likeness (QED) is 0.813. The van der Waals surface area contributed by atoms with E-state index in [1.165, 1.54) is 0 Å². The van der Waals surface area contributed by atoms with E-state index in [-0.39, 0.29) is 17.4 Å². The van der Waals surface area contributed by atoms with Crippen LogP contribution < -0.4 is 10.1 Å². The minimum Gasteiger partial charge on any atom is -0.494 e. The molecular weight excluding hydrogens is 290 g/mol. The number of hydrogen-bond donors (Lipinski definition) is 1. The van der Waals surface area contributed by atoms with Crippen molar-refractivity contribution in [3.63, 3.8) is 0 Å². The van der Waals surface area contributed by atoms with Gasteiger partial charge in [0.15, 0.2) is 9.84 Å². The summed E-state index contributed by atoms with van der Waals surface area (Å²) >= 11 is 0. The van der Waals surface area contributed by atoms with Gasteiger partial charge in [0.1, 0.15) is 5.75 Å². The molecule has 0 radical (unpaired) electrons. The van der Waals surface area contributed by atoms with Gasteiger partial charge in [-0.25, -0.2) is 8.42 Å². The summed E-state index contributed by atoms with van der Waals surface area (Å²) in [4.78, 5) is 12.1. The average Bonchev–Trinajstić information content (AvgIpc) is 2.37. The molecule has 1 N–H and O–H groups in total. The van der Waals surface area contributed by atoms with E-state index >= 15 is 0 Å². The van der Waals surface area contributed by atoms with Crippen molar-refractivity contribution in [1.82, 2.24) is 5.32 Å². The fourth-order valence-corrected chi connectivity index (χ4v) is 4.39. The zero-order valence-corrected chi connectivity index (χ0v) is 13.2. The molecule has 1 fully saturated rings. The Balaban J connectivity index is 1.91. The lowest BCUT2D eigenvalue weighted by Gasteiger charge is -2.38. The Morgan fingerprint density at radius 2 is 1.90 bits per heavy atom. The molecule has 116 valence electrons. The van der Waals surface area contributed by atoms with Gasteiger partial charge in [0.05, 0.1) is 23.7 Å². The van der Waals surface area contributed by atoms with Gasteiger partial charge in [0.2, 0.25) is 0 Å². The Labute approximate surface area is 125 Å². The number of unbranched alkanes of at least 4 members (excludes halogenated alkanes) is 1. The van der Waals surface area contributed by atoms with Gasteiger partial charge in [0, 0.05) is 5.56 Å². The lowest BCUT2D eigenvalue weighted by Crippen LogP contribution is -2.63. The van der Waals surface area contributed by atoms with Gasteiger partial charge in [-0.1, -0.05) is 13.3 Å². The number of amides is 1. The van der Waals surface area contributed by atoms with E-state index in [4.69, 9.17) is 4.74 Å². The van der Waals surface area contributed by atoms with Crippen LogP contribution in [0, 0.1) is 0 Å². The SMILES string of the molecule is CCCCOc1ccc(C(=O)NC2(C)CS(=O)(=O)C2)cc1. The molecule has 5 nitrogen and oxygen atoms in total. The summed E-state index contributed by atoms with van der Waals surface area (Å²) in [6.45, 7) is 4.50. The first kappa shape index (κ1) is 15.8. The fourth-order valence-electron chi connectivity index (χ4n) is 2.38. The Bertz CT molecular complexity index is 595. The summed E-state index contributed by atoms with van der Waals surface area (Å²) < 4.78 is 28.0. The molecular formula is C15H21NO4S. The number of ether oxygens (including phenoxy) is 1. The van der Waals surface area contributed by atoms with Crippen LogP contribution >= 0.6 is 0 Å². The molecule has 1 aliphatic rings. The van der Waals surface area contributed by atoms with Crippen LogP contribution in [0.5, 0.6) is 5.75 Å². The number of carbonyl (C=O) groups is 1. The molecule has 21 heavy (non-hydrogen) atoms. The number of benzene rings is 1. The van der Waals surface area contributed by atoms with Crippen molar-refractivity contribution in [2.75, 3.05) is 18.1 Å². The molecule has 0 atom stereocenters. The van der Waals surface area contributed by atoms with Crippen molar-refractivity contribution in [3.05, 3.63) is 29.8 Å². The fraction of sp³-hybridized carbons (Fsp3) is 0.533. The van der Waals surface area contributed by atoms with Crippen molar-refractivity contribution < 1.29 is 17.9 Å². The normalized spacial score (nSPS) is 18.6. The summed E-state index contributed by atoms with van der Waals surface area (Å²) in [6.07, 6.45) is 2.07. The monoisotopic (exact) mass is 311 g/mol. The van der Waals surface area contributed by atoms with Crippen LogP contribution in [0.25, 0.3) is 0 Å². The van der Waals surface area contributed by atoms with Crippen LogP contribution in [0.15, 0.2) is 24.3 Å². The summed E-state index contributed by atoms with van der Waals surface area (Å²) in [6, 6.07) is 6.88. The molecule has 0 aliphatic carbocycles. The lowest BCUT2D eigenvalue weighted by molar-refractivity contribution is 0.0917. The standard InChI is InChI=1S/C15H21NO4S/c1-3-4-9-20-13-7-5-12(6-8-13)14(17)16-15(2)10-21(18,19)11-15/h5-8H,3-4,9-11H2,1-2H3,(H,16,17). The molecule has 1 saturated heterocycles. The largest absolute Gasteiger partial charge is 0.494 e. The zero-order valence-electron chi connectivity index (χ0n) is 12.4. The highest BCUT2D eigenvalue weighted by Crippen LogP contribution is 2.23. The molecule has 1 amide bonds. The number of carbonyl (C=O) groups excluding carboxylic acids is 1. The number of sulfone groups is 1. The van der Waals surface area contributed by atoms with Gasteiger partial charge < -0.3 is 10.1 Å². The van der Waals surface area contributed by atoms with Crippen LogP contribution in [0.4, 0.5) is 0 Å². The third-order valence-corrected chi connectivity index (χ3v) is 5.53. The summed E-state index contributed by atoms with van der Waals surface area (Å²) in [7, 11) is -2.97. The Hall–Kier alpha value is -1.56. The molecule has 1 aliphatic heterocycles. The summed E-state index contributed by atoms with van der Waals surface area (Å²) in [5.74, 6) is 0.485. The van der Waals surface area contributed by atoms with Crippen molar-refractivity contribution >= 4 is 15.7 Å². The highest BCUT2D eigenvalue weighted by atomic mass is 32.2. The number of nitrogens with one attached hydrogen (secondary N) is 1. The second-order valence-electron chi connectivity index (χ2n) is 5.77. The van der Waals surface area contributed by atoms with Crippen molar-refractivity contribution in [2.24, 2.45) is 0 Å². The molecule has 0 bridgehead atoms. The Morgan fingerprint density at radius 3 is 2.43 bits per heavy atom. The van der Waals surface area contributed by atoms with E-state index in [1.54, 1.807) is 31.2 Å². The van der Waals surface area contributed by atoms with Crippen molar-refractivity contribution in [3.8, 4) is 5.75 Å². The molecule has 0 aromatic heterocycles. The molecule has 0 saturated carbocycles. The van der Waals surface area contributed by atoms with E-state index in [0.29, 0.717) is 12.2 Å². The number of hydrogen-bond acceptors (Lipinski definition) is 4. The van der Waals surface area contributed by atoms with Gasteiger partial charge in [-0.15, -0.1) is 0 Å². The smallest absolute Gasteiger partial charge is 0.251 e. The second-order valence-corrected chi connectivity index (χ2v) is 7.84. The Morgan fingerprint density at radius 1 is 1.29 bits per heavy atom. The maximum Gasteiger partial charge on any atom is 0.251 e. The maximum absolute atomic E-state index is 12.1. The van der Waals surface area contributed by atoms with Crippen LogP contribution in [-0.2, 0) is 9.84 Å². The molecule has 1 aromatic carbocycles. The van der Waals surface area contributed by atoms with Gasteiger partial charge >= 0.3 is 0 Å². The van der Waals surface area contributed by atoms with Crippen LogP contribution in [-0.4, -0.2) is 38.0 Å². The first-order chi connectivity index (χ1) is 9.84. The average molecular weight is 311 g/mol. The minimum absolute atomic E-state index is 0.00392. The summed E-state index contributed by atoms with van der Waals surface area (Å²) in [5.41, 5.74) is -0.143. The molecule has 6 heteroatoms. The first-order valence-electron chi connectivity index (χ1n) is 7.09. The zero-order chi connectivity index (χ0) is 15.5. The van der Waals surface area contributed by atoms with Crippen LogP contribution in [0.1, 0.15) is 37.0 Å². The van der Waals surface area contributed by atoms with E-state index in [9.17, 15) is 13.2 Å². The van der Waals surface area contributed by atoms with Gasteiger partial charge in [-0.2, -0.15) is 0 Å². The predicted octanol–water partition coefficient (Wildman–Crippen LogP) is 1.78. The second kappa shape index (κ2) is 6.05. The highest BCUT2D eigenvalue weighted by Gasteiger charge is 2.45. The van der Waals surface area contributed by atoms with Gasteiger partial charge in [-0.3, -0.25) is 4.79 Å². The Kier molecular flexibility index (Phi) is 4.56. The van der Waals surface area contributed by atoms with Crippen molar-refractivity contribution in [2.45, 2.75) is 32.2 Å². The van der Waals surface area contributed by atoms with E-state index < -0.39 is 15.4 Å². The van der Waals surface area contributed by atoms with Gasteiger partial charge in [0.25, 0.3) is 5.91 Å². The number of rotatable bonds is 6. The van der Waals surface area contributed by atoms with E-state index in [1.807, 2.05) is 0 Å². The molecule has 1 aromatic rings. The highest BCUT2D eigenvalue weighted by molar-refractivity contribution is 7.93. The first-order valence-corrected chi connectivity index (χ1v) is 8.91. The third-order valence-electron chi connectivity index (χ3n) is 3.38.